The van der Waals surface area contributed by atoms with Crippen molar-refractivity contribution < 1.29 is 23.0 Å². The van der Waals surface area contributed by atoms with Gasteiger partial charge in [-0.25, -0.2) is 5.11 Å². The summed E-state index contributed by atoms with van der Waals surface area (Å²) < 4.78 is 37.4. The molecule has 0 amide bonds. The van der Waals surface area contributed by atoms with Gasteiger partial charge in [0.25, 0.3) is 0 Å². The molecule has 2 nitrogen and oxygen atoms in total. The van der Waals surface area contributed by atoms with Crippen molar-refractivity contribution in [1.29, 1.82) is 0 Å². The molecule has 0 atom stereocenters. The van der Waals surface area contributed by atoms with E-state index in [1.165, 1.54) is 0 Å². The molecule has 0 saturated carbocycles. The summed E-state index contributed by atoms with van der Waals surface area (Å²) in [4.78, 5) is 0. The molecule has 0 aromatic rings. The van der Waals surface area contributed by atoms with Crippen LogP contribution in [0.1, 0.15) is 0 Å². The molecule has 0 aliphatic rings. The van der Waals surface area contributed by atoms with E-state index in [0.717, 1.165) is 0 Å². The van der Waals surface area contributed by atoms with Gasteiger partial charge in [0.05, 0.1) is 6.61 Å². The first kappa shape index (κ1) is 8.71. The molecule has 0 heterocycles. The van der Waals surface area contributed by atoms with Gasteiger partial charge >= 0.3 is 6.18 Å². The lowest BCUT2D eigenvalue weighted by molar-refractivity contribution is -0.176. The highest BCUT2D eigenvalue weighted by Crippen LogP contribution is 2.13. The summed E-state index contributed by atoms with van der Waals surface area (Å²) in [5.74, 6) is 0. The highest BCUT2D eigenvalue weighted by Gasteiger charge is 2.26. The molecule has 9 heavy (non-hydrogen) atoms. The number of ether oxygens (including phenoxy) is 1. The van der Waals surface area contributed by atoms with Gasteiger partial charge in [-0.1, -0.05) is 0 Å². The van der Waals surface area contributed by atoms with Crippen molar-refractivity contribution in [3.05, 3.63) is 0 Å². The van der Waals surface area contributed by atoms with E-state index >= 15 is 0 Å². The van der Waals surface area contributed by atoms with E-state index < -0.39 is 19.4 Å². The second kappa shape index (κ2) is 3.68. The van der Waals surface area contributed by atoms with Crippen LogP contribution >= 0.6 is 0 Å². The zero-order valence-electron chi connectivity index (χ0n) is 4.57. The summed E-state index contributed by atoms with van der Waals surface area (Å²) in [6.45, 7) is -2.33. The average Bonchev–Trinajstić information content (AvgIpc) is 1.63. The summed E-state index contributed by atoms with van der Waals surface area (Å²) in [6.07, 6.45) is -4.31. The van der Waals surface area contributed by atoms with E-state index in [2.05, 4.69) is 4.74 Å². The molecule has 0 bridgehead atoms. The molecule has 0 aromatic heterocycles. The first-order valence-electron chi connectivity index (χ1n) is 2.29. The van der Waals surface area contributed by atoms with Gasteiger partial charge in [-0.05, 0) is 0 Å². The van der Waals surface area contributed by atoms with Gasteiger partial charge in [-0.15, -0.1) is 0 Å². The van der Waals surface area contributed by atoms with Crippen molar-refractivity contribution in [3.63, 3.8) is 0 Å². The number of alkyl halides is 3. The molecular weight excluding hydrogens is 137 g/mol. The molecule has 0 aromatic carbocycles. The Morgan fingerprint density at radius 3 is 2.22 bits per heavy atom. The van der Waals surface area contributed by atoms with Gasteiger partial charge < -0.3 is 4.74 Å². The molecule has 0 aliphatic carbocycles. The second-order valence-electron chi connectivity index (χ2n) is 1.37. The maximum Gasteiger partial charge on any atom is 0.411 e. The third kappa shape index (κ3) is 7.71. The minimum Gasteiger partial charge on any atom is -0.370 e. The number of hydrogen-bond donors (Lipinski definition) is 0. The van der Waals surface area contributed by atoms with E-state index in [9.17, 15) is 18.3 Å². The quantitative estimate of drug-likeness (QED) is 0.542. The van der Waals surface area contributed by atoms with Crippen LogP contribution in [0.15, 0.2) is 0 Å². The van der Waals surface area contributed by atoms with Crippen molar-refractivity contribution in [3.8, 4) is 0 Å². The van der Waals surface area contributed by atoms with Crippen LogP contribution < -0.4 is 0 Å². The molecule has 0 aliphatic heterocycles. The van der Waals surface area contributed by atoms with Crippen LogP contribution in [-0.2, 0) is 9.84 Å². The Morgan fingerprint density at radius 2 is 1.89 bits per heavy atom. The molecule has 0 rings (SSSR count). The Kier molecular flexibility index (Phi) is 3.56. The molecule has 0 N–H and O–H groups in total. The summed E-state index contributed by atoms with van der Waals surface area (Å²) in [5, 5.41) is 9.52. The molecule has 1 radical (unpaired) electrons. The van der Waals surface area contributed by atoms with Crippen molar-refractivity contribution >= 4 is 0 Å². The highest BCUT2D eigenvalue weighted by molar-refractivity contribution is 4.44. The van der Waals surface area contributed by atoms with Crippen molar-refractivity contribution in [2.45, 2.75) is 6.18 Å². The Morgan fingerprint density at radius 1 is 1.33 bits per heavy atom. The lowest BCUT2D eigenvalue weighted by atomic mass is 10.7. The van der Waals surface area contributed by atoms with E-state index in [4.69, 9.17) is 0 Å². The Hall–Kier alpha value is -0.290. The van der Waals surface area contributed by atoms with Crippen LogP contribution in [0.3, 0.4) is 0 Å². The third-order valence-corrected chi connectivity index (χ3v) is 0.493. The maximum absolute atomic E-state index is 11.2. The lowest BCUT2D eigenvalue weighted by Gasteiger charge is -2.04. The van der Waals surface area contributed by atoms with E-state index in [1.807, 2.05) is 0 Å². The van der Waals surface area contributed by atoms with E-state index in [0.29, 0.717) is 0 Å². The fourth-order valence-electron chi connectivity index (χ4n) is 0.247. The molecule has 0 spiro atoms. The minimum atomic E-state index is -4.31. The molecule has 55 valence electrons. The normalized spacial score (nSPS) is 12.0. The molecule has 0 fully saturated rings. The topological polar surface area (TPSA) is 29.1 Å². The second-order valence-corrected chi connectivity index (χ2v) is 1.37. The predicted octanol–water partition coefficient (Wildman–Crippen LogP) is 0.996. The molecule has 0 unspecified atom stereocenters. The van der Waals surface area contributed by atoms with Crippen LogP contribution in [0.4, 0.5) is 13.2 Å². The summed E-state index contributed by atoms with van der Waals surface area (Å²) >= 11 is 0. The zero-order chi connectivity index (χ0) is 7.33. The monoisotopic (exact) mass is 143 g/mol. The first-order chi connectivity index (χ1) is 4.06. The molecular formula is C4H6F3O2. The van der Waals surface area contributed by atoms with Crippen LogP contribution in [0.25, 0.3) is 0 Å². The standard InChI is InChI=1S/C4H6F3O2/c5-4(6,7)3-9-2-1-8/h1-3H2. The Balaban J connectivity index is 3.07. The third-order valence-electron chi connectivity index (χ3n) is 0.493. The molecule has 0 saturated heterocycles. The first-order valence-corrected chi connectivity index (χ1v) is 2.29. The predicted molar refractivity (Wildman–Crippen MR) is 22.4 cm³/mol. The highest BCUT2D eigenvalue weighted by atomic mass is 19.4. The van der Waals surface area contributed by atoms with Crippen LogP contribution in [0.2, 0.25) is 0 Å². The summed E-state index contributed by atoms with van der Waals surface area (Å²) in [6, 6.07) is 0. The largest absolute Gasteiger partial charge is 0.411 e. The zero-order valence-corrected chi connectivity index (χ0v) is 4.57. The van der Waals surface area contributed by atoms with Crippen LogP contribution in [0.5, 0.6) is 0 Å². The SMILES string of the molecule is [O]CCOCC(F)(F)F. The fourth-order valence-corrected chi connectivity index (χ4v) is 0.247. The minimum absolute atomic E-state index is 0.375. The van der Waals surface area contributed by atoms with E-state index in [-0.39, 0.29) is 6.61 Å². The van der Waals surface area contributed by atoms with E-state index in [1.54, 1.807) is 0 Å². The van der Waals surface area contributed by atoms with Gasteiger partial charge in [0, 0.05) is 0 Å². The lowest BCUT2D eigenvalue weighted by Crippen LogP contribution is -2.18. The van der Waals surface area contributed by atoms with Gasteiger partial charge in [0.1, 0.15) is 13.2 Å². The van der Waals surface area contributed by atoms with Gasteiger partial charge in [0.15, 0.2) is 0 Å². The average molecular weight is 143 g/mol. The van der Waals surface area contributed by atoms with Gasteiger partial charge in [0.2, 0.25) is 0 Å². The van der Waals surface area contributed by atoms with Crippen molar-refractivity contribution in [2.24, 2.45) is 0 Å². The van der Waals surface area contributed by atoms with Gasteiger partial charge in [-0.2, -0.15) is 13.2 Å². The molecule has 5 heteroatoms. The Bertz CT molecular complexity index is 70.7. The number of hydrogen-bond acceptors (Lipinski definition) is 1. The summed E-state index contributed by atoms with van der Waals surface area (Å²) in [5.41, 5.74) is 0. The van der Waals surface area contributed by atoms with Crippen molar-refractivity contribution in [2.75, 3.05) is 19.8 Å². The van der Waals surface area contributed by atoms with Crippen LogP contribution in [-0.4, -0.2) is 26.0 Å². The van der Waals surface area contributed by atoms with Crippen LogP contribution in [0, 0.1) is 0 Å². The van der Waals surface area contributed by atoms with Crippen molar-refractivity contribution in [1.82, 2.24) is 0 Å². The fraction of sp³-hybridized carbons (Fsp3) is 1.00. The maximum atomic E-state index is 11.2. The van der Waals surface area contributed by atoms with Gasteiger partial charge in [-0.3, -0.25) is 0 Å². The Labute approximate surface area is 50.2 Å². The number of halogens is 3. The number of rotatable bonds is 3. The smallest absolute Gasteiger partial charge is 0.370 e. The summed E-state index contributed by atoms with van der Waals surface area (Å²) in [7, 11) is 0.